The number of aromatic nitrogens is 2. The zero-order chi connectivity index (χ0) is 22.8. The van der Waals surface area contributed by atoms with Crippen molar-refractivity contribution in [3.05, 3.63) is 88.3 Å². The van der Waals surface area contributed by atoms with E-state index in [1.807, 2.05) is 84.6 Å². The molecule has 2 aromatic heterocycles. The van der Waals surface area contributed by atoms with Gasteiger partial charge in [0.2, 0.25) is 4.80 Å². The smallest absolute Gasteiger partial charge is 0.262 e. The first-order chi connectivity index (χ1) is 16.1. The van der Waals surface area contributed by atoms with Crippen LogP contribution in [-0.4, -0.2) is 27.9 Å². The molecular formula is C25H21N5O2S. The average molecular weight is 456 g/mol. The number of hydrogen-bond acceptors (Lipinski definition) is 6. The molecule has 1 aliphatic rings. The van der Waals surface area contributed by atoms with Crippen molar-refractivity contribution in [3.63, 3.8) is 0 Å². The second-order valence-corrected chi connectivity index (χ2v) is 8.45. The molecule has 0 spiro atoms. The second-order valence-electron chi connectivity index (χ2n) is 7.61. The number of benzene rings is 2. The van der Waals surface area contributed by atoms with Crippen LogP contribution < -0.4 is 14.9 Å². The van der Waals surface area contributed by atoms with E-state index in [0.717, 1.165) is 33.2 Å². The summed E-state index contributed by atoms with van der Waals surface area (Å²) in [4.78, 5) is 21.8. The van der Waals surface area contributed by atoms with Gasteiger partial charge in [-0.2, -0.15) is 5.10 Å². The molecule has 5 rings (SSSR count). The zero-order valence-electron chi connectivity index (χ0n) is 18.1. The van der Waals surface area contributed by atoms with Gasteiger partial charge in [-0.1, -0.05) is 23.8 Å². The Bertz CT molecular complexity index is 1420. The van der Waals surface area contributed by atoms with Crippen LogP contribution in [0.3, 0.4) is 0 Å². The number of nitrogens with zero attached hydrogens (tertiary/aromatic N) is 4. The number of thiazole rings is 1. The van der Waals surface area contributed by atoms with Gasteiger partial charge in [-0.25, -0.2) is 9.67 Å². The maximum Gasteiger partial charge on any atom is 0.262 e. The SMILES string of the molecule is CC(=Nn1c(-c2ccc3c(c2)NC(=O)CO3)csc1=Nc1ccc(C)cc1)c1ccccn1. The summed E-state index contributed by atoms with van der Waals surface area (Å²) in [5.41, 5.74) is 5.95. The summed E-state index contributed by atoms with van der Waals surface area (Å²) in [7, 11) is 0. The molecule has 1 amide bonds. The Hall–Kier alpha value is -4.04. The Morgan fingerprint density at radius 3 is 2.79 bits per heavy atom. The summed E-state index contributed by atoms with van der Waals surface area (Å²) in [5.74, 6) is 0.481. The fourth-order valence-corrected chi connectivity index (χ4v) is 4.27. The lowest BCUT2D eigenvalue weighted by Crippen LogP contribution is -2.25. The quantitative estimate of drug-likeness (QED) is 0.451. The second kappa shape index (κ2) is 8.84. The third-order valence-corrected chi connectivity index (χ3v) is 5.95. The number of carbonyl (C=O) groups excluding carboxylic acids is 1. The molecule has 0 bridgehead atoms. The fourth-order valence-electron chi connectivity index (χ4n) is 3.42. The van der Waals surface area contributed by atoms with Gasteiger partial charge in [0, 0.05) is 17.1 Å². The van der Waals surface area contributed by atoms with E-state index in [2.05, 4.69) is 10.3 Å². The molecule has 0 saturated heterocycles. The molecule has 1 N–H and O–H groups in total. The van der Waals surface area contributed by atoms with Gasteiger partial charge in [-0.05, 0) is 56.3 Å². The van der Waals surface area contributed by atoms with E-state index in [-0.39, 0.29) is 12.5 Å². The van der Waals surface area contributed by atoms with Crippen LogP contribution in [0.1, 0.15) is 18.2 Å². The van der Waals surface area contributed by atoms with E-state index in [1.54, 1.807) is 6.20 Å². The van der Waals surface area contributed by atoms with Crippen LogP contribution >= 0.6 is 11.3 Å². The van der Waals surface area contributed by atoms with Gasteiger partial charge in [-0.3, -0.25) is 9.78 Å². The first-order valence-electron chi connectivity index (χ1n) is 10.4. The van der Waals surface area contributed by atoms with E-state index in [0.29, 0.717) is 11.4 Å². The summed E-state index contributed by atoms with van der Waals surface area (Å²) in [6.07, 6.45) is 1.75. The van der Waals surface area contributed by atoms with Gasteiger partial charge in [0.05, 0.1) is 28.5 Å². The number of fused-ring (bicyclic) bond motifs is 1. The predicted molar refractivity (Wildman–Crippen MR) is 130 cm³/mol. The summed E-state index contributed by atoms with van der Waals surface area (Å²) >= 11 is 1.50. The number of carbonyl (C=O) groups is 1. The van der Waals surface area contributed by atoms with E-state index < -0.39 is 0 Å². The van der Waals surface area contributed by atoms with Gasteiger partial charge < -0.3 is 10.1 Å². The maximum absolute atomic E-state index is 11.8. The normalized spacial score (nSPS) is 13.9. The van der Waals surface area contributed by atoms with Crippen molar-refractivity contribution in [2.45, 2.75) is 13.8 Å². The lowest BCUT2D eigenvalue weighted by Gasteiger charge is -2.18. The van der Waals surface area contributed by atoms with Crippen molar-refractivity contribution in [2.24, 2.45) is 10.1 Å². The number of ether oxygens (including phenoxy) is 1. The molecule has 0 saturated carbocycles. The first kappa shape index (κ1) is 20.8. The number of pyridine rings is 1. The highest BCUT2D eigenvalue weighted by atomic mass is 32.1. The minimum atomic E-state index is -0.170. The van der Waals surface area contributed by atoms with Crippen molar-refractivity contribution in [1.82, 2.24) is 9.66 Å². The molecule has 0 unspecified atom stereocenters. The highest BCUT2D eigenvalue weighted by Crippen LogP contribution is 2.33. The molecule has 2 aromatic carbocycles. The molecule has 8 heteroatoms. The maximum atomic E-state index is 11.8. The summed E-state index contributed by atoms with van der Waals surface area (Å²) in [5, 5.41) is 9.75. The molecule has 164 valence electrons. The Balaban J connectivity index is 1.66. The first-order valence-corrected chi connectivity index (χ1v) is 11.3. The van der Waals surface area contributed by atoms with Crippen LogP contribution in [-0.2, 0) is 4.79 Å². The number of aryl methyl sites for hydroxylation is 1. The molecule has 1 aliphatic heterocycles. The molecule has 4 aromatic rings. The van der Waals surface area contributed by atoms with E-state index >= 15 is 0 Å². The van der Waals surface area contributed by atoms with Gasteiger partial charge in [0.25, 0.3) is 5.91 Å². The Kier molecular flexibility index (Phi) is 5.58. The Labute approximate surface area is 194 Å². The average Bonchev–Trinajstić information content (AvgIpc) is 3.22. The standard InChI is InChI=1S/C25H21N5O2S/c1-16-6-9-19(10-7-16)27-25-30(29-17(2)20-5-3-4-12-26-20)22(15-33-25)18-8-11-23-21(13-18)28-24(31)14-32-23/h3-13,15H,14H2,1-2H3,(H,28,31). The molecule has 33 heavy (non-hydrogen) atoms. The monoisotopic (exact) mass is 455 g/mol. The van der Waals surface area contributed by atoms with Crippen molar-refractivity contribution in [3.8, 4) is 17.0 Å². The number of nitrogens with one attached hydrogen (secondary N) is 1. The number of rotatable bonds is 4. The fraction of sp³-hybridized carbons (Fsp3) is 0.120. The molecule has 0 radical (unpaired) electrons. The summed E-state index contributed by atoms with van der Waals surface area (Å²) < 4.78 is 7.32. The largest absolute Gasteiger partial charge is 0.482 e. The minimum Gasteiger partial charge on any atom is -0.482 e. The van der Waals surface area contributed by atoms with Crippen molar-refractivity contribution in [1.29, 1.82) is 0 Å². The van der Waals surface area contributed by atoms with Crippen LogP contribution in [0.15, 0.2) is 82.3 Å². The van der Waals surface area contributed by atoms with Crippen LogP contribution in [0.4, 0.5) is 11.4 Å². The lowest BCUT2D eigenvalue weighted by molar-refractivity contribution is -0.118. The molecular weight excluding hydrogens is 434 g/mol. The van der Waals surface area contributed by atoms with Gasteiger partial charge in [0.15, 0.2) is 6.61 Å². The Morgan fingerprint density at radius 2 is 2.00 bits per heavy atom. The lowest BCUT2D eigenvalue weighted by atomic mass is 10.1. The highest BCUT2D eigenvalue weighted by molar-refractivity contribution is 7.07. The van der Waals surface area contributed by atoms with E-state index in [4.69, 9.17) is 14.8 Å². The molecule has 0 aliphatic carbocycles. The number of amides is 1. The molecule has 7 nitrogen and oxygen atoms in total. The van der Waals surface area contributed by atoms with Gasteiger partial charge in [0.1, 0.15) is 5.75 Å². The van der Waals surface area contributed by atoms with E-state index in [9.17, 15) is 4.79 Å². The topological polar surface area (TPSA) is 80.9 Å². The number of anilines is 1. The van der Waals surface area contributed by atoms with Crippen molar-refractivity contribution in [2.75, 3.05) is 11.9 Å². The molecule has 3 heterocycles. The highest BCUT2D eigenvalue weighted by Gasteiger charge is 2.18. The molecule has 0 atom stereocenters. The Morgan fingerprint density at radius 1 is 1.15 bits per heavy atom. The van der Waals surface area contributed by atoms with Crippen molar-refractivity contribution < 1.29 is 9.53 Å². The summed E-state index contributed by atoms with van der Waals surface area (Å²) in [6, 6.07) is 19.5. The third-order valence-electron chi connectivity index (χ3n) is 5.14. The minimum absolute atomic E-state index is 0.0257. The summed E-state index contributed by atoms with van der Waals surface area (Å²) in [6.45, 7) is 4.00. The van der Waals surface area contributed by atoms with E-state index in [1.165, 1.54) is 16.9 Å². The van der Waals surface area contributed by atoms with Crippen LogP contribution in [0.5, 0.6) is 5.75 Å². The number of hydrogen-bond donors (Lipinski definition) is 1. The van der Waals surface area contributed by atoms with Crippen LogP contribution in [0.25, 0.3) is 11.3 Å². The van der Waals surface area contributed by atoms with Gasteiger partial charge >= 0.3 is 0 Å². The van der Waals surface area contributed by atoms with Crippen molar-refractivity contribution >= 4 is 34.3 Å². The van der Waals surface area contributed by atoms with Crippen LogP contribution in [0.2, 0.25) is 0 Å². The molecule has 0 fully saturated rings. The van der Waals surface area contributed by atoms with Crippen LogP contribution in [0, 0.1) is 6.92 Å². The third kappa shape index (κ3) is 4.47. The predicted octanol–water partition coefficient (Wildman–Crippen LogP) is 4.76. The zero-order valence-corrected chi connectivity index (χ0v) is 19.0. The van der Waals surface area contributed by atoms with Gasteiger partial charge in [-0.15, -0.1) is 11.3 Å².